The van der Waals surface area contributed by atoms with Crippen LogP contribution >= 0.6 is 0 Å². The zero-order chi connectivity index (χ0) is 13.6. The lowest BCUT2D eigenvalue weighted by Crippen LogP contribution is -2.38. The zero-order valence-corrected chi connectivity index (χ0v) is 12.1. The summed E-state index contributed by atoms with van der Waals surface area (Å²) in [5.41, 5.74) is 0. The van der Waals surface area contributed by atoms with Crippen LogP contribution in [0.4, 0.5) is 0 Å². The lowest BCUT2D eigenvalue weighted by molar-refractivity contribution is -0.121. The molecule has 0 bridgehead atoms. The molecule has 0 unspecified atom stereocenters. The van der Waals surface area contributed by atoms with Crippen molar-refractivity contribution < 1.29 is 13.2 Å². The molecule has 18 heavy (non-hydrogen) atoms. The Balaban J connectivity index is 2.22. The van der Waals surface area contributed by atoms with E-state index in [1.165, 1.54) is 0 Å². The first-order valence-corrected chi connectivity index (χ1v) is 8.31. The third kappa shape index (κ3) is 6.35. The van der Waals surface area contributed by atoms with Crippen molar-refractivity contribution >= 4 is 15.9 Å². The van der Waals surface area contributed by atoms with Crippen molar-refractivity contribution in [3.05, 3.63) is 0 Å². The van der Waals surface area contributed by atoms with E-state index in [-0.39, 0.29) is 24.2 Å². The van der Waals surface area contributed by atoms with Gasteiger partial charge in [-0.2, -0.15) is 0 Å². The summed E-state index contributed by atoms with van der Waals surface area (Å²) in [5, 5.41) is 2.64. The maximum atomic E-state index is 11.7. The lowest BCUT2D eigenvalue weighted by atomic mass is 10.1. The second kappa shape index (κ2) is 7.09. The minimum Gasteiger partial charge on any atom is -0.355 e. The van der Waals surface area contributed by atoms with Gasteiger partial charge in [-0.3, -0.25) is 4.79 Å². The maximum Gasteiger partial charge on any atom is 0.220 e. The van der Waals surface area contributed by atoms with Crippen LogP contribution in [0.5, 0.6) is 0 Å². The van der Waals surface area contributed by atoms with Crippen LogP contribution in [0, 0.1) is 5.92 Å². The number of hydrogen-bond donors (Lipinski definition) is 2. The van der Waals surface area contributed by atoms with Crippen LogP contribution in [-0.4, -0.2) is 32.7 Å². The summed E-state index contributed by atoms with van der Waals surface area (Å²) in [6.45, 7) is 4.10. The van der Waals surface area contributed by atoms with Gasteiger partial charge in [0.1, 0.15) is 0 Å². The minimum absolute atomic E-state index is 0.0344. The average molecular weight is 276 g/mol. The van der Waals surface area contributed by atoms with Gasteiger partial charge in [0.25, 0.3) is 0 Å². The number of nitrogens with one attached hydrogen (secondary N) is 2. The van der Waals surface area contributed by atoms with Gasteiger partial charge in [-0.05, 0) is 18.8 Å². The van der Waals surface area contributed by atoms with Crippen LogP contribution in [0.15, 0.2) is 0 Å². The highest BCUT2D eigenvalue weighted by molar-refractivity contribution is 7.89. The fourth-order valence-electron chi connectivity index (χ4n) is 2.12. The molecule has 1 aliphatic rings. The molecule has 0 aromatic heterocycles. The fourth-order valence-corrected chi connectivity index (χ4v) is 3.36. The van der Waals surface area contributed by atoms with Crippen LogP contribution in [0.25, 0.3) is 0 Å². The van der Waals surface area contributed by atoms with Gasteiger partial charge in [0.15, 0.2) is 0 Å². The van der Waals surface area contributed by atoms with E-state index < -0.39 is 10.0 Å². The molecule has 6 heteroatoms. The standard InChI is InChI=1S/C12H24N2O3S/c1-10(2)9-12(15)13-7-8-18(16,17)14-11-5-3-4-6-11/h10-11,14H,3-9H2,1-2H3,(H,13,15). The molecule has 1 amide bonds. The fraction of sp³-hybridized carbons (Fsp3) is 0.917. The Morgan fingerprint density at radius 2 is 1.89 bits per heavy atom. The second-order valence-corrected chi connectivity index (χ2v) is 7.24. The minimum atomic E-state index is -3.25. The molecule has 0 aromatic rings. The molecule has 1 saturated carbocycles. The van der Waals surface area contributed by atoms with E-state index in [2.05, 4.69) is 10.0 Å². The Labute approximate surface area is 110 Å². The molecule has 106 valence electrons. The van der Waals surface area contributed by atoms with Crippen molar-refractivity contribution in [2.45, 2.75) is 52.0 Å². The van der Waals surface area contributed by atoms with Crippen LogP contribution in [-0.2, 0) is 14.8 Å². The topological polar surface area (TPSA) is 75.3 Å². The van der Waals surface area contributed by atoms with Gasteiger partial charge in [-0.1, -0.05) is 26.7 Å². The molecule has 1 rings (SSSR count). The van der Waals surface area contributed by atoms with Gasteiger partial charge in [-0.25, -0.2) is 13.1 Å². The smallest absolute Gasteiger partial charge is 0.220 e. The van der Waals surface area contributed by atoms with Crippen LogP contribution in [0.3, 0.4) is 0 Å². The lowest BCUT2D eigenvalue weighted by Gasteiger charge is -2.13. The first-order chi connectivity index (χ1) is 8.39. The van der Waals surface area contributed by atoms with Crippen molar-refractivity contribution in [1.82, 2.24) is 10.0 Å². The Kier molecular flexibility index (Phi) is 6.08. The molecule has 0 radical (unpaired) electrons. The largest absolute Gasteiger partial charge is 0.355 e. The number of hydrogen-bond acceptors (Lipinski definition) is 3. The monoisotopic (exact) mass is 276 g/mol. The first kappa shape index (κ1) is 15.4. The van der Waals surface area contributed by atoms with E-state index in [9.17, 15) is 13.2 Å². The Morgan fingerprint density at radius 3 is 2.44 bits per heavy atom. The highest BCUT2D eigenvalue weighted by atomic mass is 32.2. The zero-order valence-electron chi connectivity index (χ0n) is 11.2. The second-order valence-electron chi connectivity index (χ2n) is 5.37. The van der Waals surface area contributed by atoms with Crippen LogP contribution < -0.4 is 10.0 Å². The number of carbonyl (C=O) groups is 1. The molecule has 2 N–H and O–H groups in total. The van der Waals surface area contributed by atoms with Gasteiger partial charge >= 0.3 is 0 Å². The summed E-state index contributed by atoms with van der Waals surface area (Å²) < 4.78 is 26.1. The summed E-state index contributed by atoms with van der Waals surface area (Å²) in [4.78, 5) is 11.4. The highest BCUT2D eigenvalue weighted by Gasteiger charge is 2.21. The van der Waals surface area contributed by atoms with Crippen molar-refractivity contribution in [3.8, 4) is 0 Å². The molecule has 0 spiro atoms. The quantitative estimate of drug-likeness (QED) is 0.728. The summed E-state index contributed by atoms with van der Waals surface area (Å²) >= 11 is 0. The first-order valence-electron chi connectivity index (χ1n) is 6.66. The van der Waals surface area contributed by atoms with E-state index in [0.717, 1.165) is 25.7 Å². The molecular weight excluding hydrogens is 252 g/mol. The normalized spacial score (nSPS) is 17.3. The third-order valence-electron chi connectivity index (χ3n) is 2.99. The molecule has 1 aliphatic carbocycles. The SMILES string of the molecule is CC(C)CC(=O)NCCS(=O)(=O)NC1CCCC1. The van der Waals surface area contributed by atoms with Crippen molar-refractivity contribution in [2.75, 3.05) is 12.3 Å². The number of rotatable bonds is 7. The summed E-state index contributed by atoms with van der Waals surface area (Å²) in [6.07, 6.45) is 4.49. The van der Waals surface area contributed by atoms with E-state index in [1.807, 2.05) is 13.8 Å². The van der Waals surface area contributed by atoms with Gasteiger partial charge in [0, 0.05) is 19.0 Å². The predicted octanol–water partition coefficient (Wildman–Crippen LogP) is 1.01. The summed E-state index contributed by atoms with van der Waals surface area (Å²) in [7, 11) is -3.25. The summed E-state index contributed by atoms with van der Waals surface area (Å²) in [6, 6.07) is 0.0985. The van der Waals surface area contributed by atoms with Crippen LogP contribution in [0.1, 0.15) is 46.0 Å². The van der Waals surface area contributed by atoms with Gasteiger partial charge in [0.05, 0.1) is 5.75 Å². The number of amides is 1. The highest BCUT2D eigenvalue weighted by Crippen LogP contribution is 2.18. The Hall–Kier alpha value is -0.620. The molecular formula is C12H24N2O3S. The molecule has 1 fully saturated rings. The molecule has 5 nitrogen and oxygen atoms in total. The van der Waals surface area contributed by atoms with E-state index in [0.29, 0.717) is 12.3 Å². The van der Waals surface area contributed by atoms with Crippen molar-refractivity contribution in [1.29, 1.82) is 0 Å². The van der Waals surface area contributed by atoms with Gasteiger partial charge in [-0.15, -0.1) is 0 Å². The van der Waals surface area contributed by atoms with Gasteiger partial charge in [0.2, 0.25) is 15.9 Å². The molecule has 0 heterocycles. The molecule has 0 saturated heterocycles. The average Bonchev–Trinajstić information content (AvgIpc) is 2.67. The number of carbonyl (C=O) groups excluding carboxylic acids is 1. The van der Waals surface area contributed by atoms with Gasteiger partial charge < -0.3 is 5.32 Å². The summed E-state index contributed by atoms with van der Waals surface area (Å²) in [5.74, 6) is 0.173. The molecule has 0 atom stereocenters. The number of sulfonamides is 1. The Bertz CT molecular complexity index is 360. The van der Waals surface area contributed by atoms with E-state index >= 15 is 0 Å². The van der Waals surface area contributed by atoms with E-state index in [4.69, 9.17) is 0 Å². The van der Waals surface area contributed by atoms with Crippen molar-refractivity contribution in [2.24, 2.45) is 5.92 Å². The molecule has 0 aliphatic heterocycles. The Morgan fingerprint density at radius 1 is 1.28 bits per heavy atom. The van der Waals surface area contributed by atoms with E-state index in [1.54, 1.807) is 0 Å². The third-order valence-corrected chi connectivity index (χ3v) is 4.42. The predicted molar refractivity (Wildman–Crippen MR) is 71.6 cm³/mol. The maximum absolute atomic E-state index is 11.7. The van der Waals surface area contributed by atoms with Crippen LogP contribution in [0.2, 0.25) is 0 Å². The molecule has 0 aromatic carbocycles. The van der Waals surface area contributed by atoms with Crippen molar-refractivity contribution in [3.63, 3.8) is 0 Å².